The zero-order chi connectivity index (χ0) is 26.0. The van der Waals surface area contributed by atoms with E-state index in [0.29, 0.717) is 23.3 Å². The number of fused-ring (bicyclic) bond motifs is 2. The van der Waals surface area contributed by atoms with Crippen LogP contribution in [0.1, 0.15) is 27.4 Å². The first-order chi connectivity index (χ1) is 17.2. The third-order valence-electron chi connectivity index (χ3n) is 6.21. The average Bonchev–Trinajstić information content (AvgIpc) is 3.28. The summed E-state index contributed by atoms with van der Waals surface area (Å²) < 4.78 is 1.15. The molecular weight excluding hydrogens is 466 g/mol. The highest BCUT2D eigenvalue weighted by Crippen LogP contribution is 2.18. The molecule has 4 aromatic rings. The van der Waals surface area contributed by atoms with E-state index in [1.165, 1.54) is 0 Å². The van der Waals surface area contributed by atoms with Crippen LogP contribution in [0.25, 0.3) is 22.1 Å². The number of benzene rings is 2. The van der Waals surface area contributed by atoms with Crippen LogP contribution in [0.3, 0.4) is 0 Å². The van der Waals surface area contributed by atoms with Crippen molar-refractivity contribution in [1.29, 1.82) is 0 Å². The second kappa shape index (κ2) is 10.5. The fourth-order valence-corrected chi connectivity index (χ4v) is 3.99. The van der Waals surface area contributed by atoms with E-state index in [2.05, 4.69) is 20.3 Å². The molecule has 0 bridgehead atoms. The third kappa shape index (κ3) is 5.14. The Morgan fingerprint density at radius 3 is 2.50 bits per heavy atom. The van der Waals surface area contributed by atoms with Crippen LogP contribution in [0, 0.1) is 13.8 Å². The number of nitrogens with one attached hydrogen (secondary N) is 2. The lowest BCUT2D eigenvalue weighted by atomic mass is 10.1. The standard InChI is InChI=1S/C25H29N5O6/c1-13-9-17-18(10-14(13)2)30(11-19(32)23(34)20(33)12-31)25(36)22(29-17)24(35)26-8-7-21-27-15-5-3-4-6-16(15)28-21/h3-6,9-10,19-20,23,31-34H,7-8,11-12H2,1-2H3,(H,26,35)(H,27,28)/t19-,20+,23-/m0/s1. The van der Waals surface area contributed by atoms with Crippen molar-refractivity contribution < 1.29 is 25.2 Å². The molecule has 2 aromatic heterocycles. The molecule has 0 aliphatic heterocycles. The first kappa shape index (κ1) is 25.5. The van der Waals surface area contributed by atoms with Crippen LogP contribution in [-0.2, 0) is 13.0 Å². The number of aliphatic hydroxyl groups is 4. The van der Waals surface area contributed by atoms with E-state index in [0.717, 1.165) is 26.7 Å². The molecule has 2 aromatic carbocycles. The molecule has 0 saturated carbocycles. The Kier molecular flexibility index (Phi) is 7.45. The Balaban J connectivity index is 1.61. The molecule has 190 valence electrons. The summed E-state index contributed by atoms with van der Waals surface area (Å²) in [4.78, 5) is 38.2. The Bertz CT molecular complexity index is 1430. The highest BCUT2D eigenvalue weighted by Gasteiger charge is 2.27. The largest absolute Gasteiger partial charge is 0.394 e. The smallest absolute Gasteiger partial charge is 0.282 e. The molecule has 4 rings (SSSR count). The van der Waals surface area contributed by atoms with Crippen molar-refractivity contribution in [2.24, 2.45) is 0 Å². The van der Waals surface area contributed by atoms with Gasteiger partial charge in [0, 0.05) is 13.0 Å². The molecule has 11 nitrogen and oxygen atoms in total. The number of carbonyl (C=O) groups excluding carboxylic acids is 1. The maximum Gasteiger partial charge on any atom is 0.282 e. The van der Waals surface area contributed by atoms with E-state index in [-0.39, 0.29) is 12.2 Å². The molecule has 0 unspecified atom stereocenters. The van der Waals surface area contributed by atoms with Crippen molar-refractivity contribution in [3.8, 4) is 0 Å². The minimum absolute atomic E-state index is 0.203. The number of aliphatic hydroxyl groups excluding tert-OH is 4. The average molecular weight is 496 g/mol. The third-order valence-corrected chi connectivity index (χ3v) is 6.21. The molecule has 3 atom stereocenters. The van der Waals surface area contributed by atoms with E-state index < -0.39 is 42.9 Å². The number of rotatable bonds is 9. The number of carbonyl (C=O) groups is 1. The predicted molar refractivity (Wildman–Crippen MR) is 133 cm³/mol. The summed E-state index contributed by atoms with van der Waals surface area (Å²) in [6, 6.07) is 11.0. The molecule has 2 heterocycles. The van der Waals surface area contributed by atoms with E-state index >= 15 is 0 Å². The number of H-pyrrole nitrogens is 1. The second-order valence-electron chi connectivity index (χ2n) is 8.82. The van der Waals surface area contributed by atoms with Gasteiger partial charge in [-0.05, 0) is 49.2 Å². The molecule has 0 aliphatic rings. The van der Waals surface area contributed by atoms with Crippen LogP contribution < -0.4 is 10.9 Å². The Morgan fingerprint density at radius 1 is 1.06 bits per heavy atom. The first-order valence-electron chi connectivity index (χ1n) is 11.6. The molecule has 0 radical (unpaired) electrons. The van der Waals surface area contributed by atoms with Gasteiger partial charge in [0.1, 0.15) is 24.1 Å². The Hall–Kier alpha value is -3.64. The van der Waals surface area contributed by atoms with Gasteiger partial charge in [-0.3, -0.25) is 9.59 Å². The van der Waals surface area contributed by atoms with Gasteiger partial charge in [0.25, 0.3) is 11.5 Å². The maximum absolute atomic E-state index is 13.3. The van der Waals surface area contributed by atoms with Crippen LogP contribution in [0.2, 0.25) is 0 Å². The van der Waals surface area contributed by atoms with Gasteiger partial charge in [0.2, 0.25) is 0 Å². The number of imidazole rings is 1. The number of hydrogen-bond acceptors (Lipinski definition) is 8. The van der Waals surface area contributed by atoms with Crippen molar-refractivity contribution in [3.05, 3.63) is 69.4 Å². The van der Waals surface area contributed by atoms with Crippen LogP contribution in [0.5, 0.6) is 0 Å². The zero-order valence-corrected chi connectivity index (χ0v) is 20.0. The topological polar surface area (TPSA) is 174 Å². The van der Waals surface area contributed by atoms with Crippen molar-refractivity contribution in [2.45, 2.75) is 45.1 Å². The van der Waals surface area contributed by atoms with Gasteiger partial charge in [0.15, 0.2) is 5.69 Å². The van der Waals surface area contributed by atoms with Crippen molar-refractivity contribution in [1.82, 2.24) is 24.8 Å². The summed E-state index contributed by atoms with van der Waals surface area (Å²) in [5.41, 5.74) is 3.08. The van der Waals surface area contributed by atoms with Gasteiger partial charge in [-0.2, -0.15) is 0 Å². The van der Waals surface area contributed by atoms with Crippen LogP contribution >= 0.6 is 0 Å². The molecular formula is C25H29N5O6. The fourth-order valence-electron chi connectivity index (χ4n) is 3.99. The number of para-hydroxylation sites is 2. The van der Waals surface area contributed by atoms with Gasteiger partial charge >= 0.3 is 0 Å². The number of aromatic amines is 1. The minimum atomic E-state index is -1.70. The molecule has 0 fully saturated rings. The van der Waals surface area contributed by atoms with E-state index in [9.17, 15) is 24.9 Å². The zero-order valence-electron chi connectivity index (χ0n) is 20.0. The van der Waals surface area contributed by atoms with Gasteiger partial charge in [-0.15, -0.1) is 0 Å². The fraction of sp³-hybridized carbons (Fsp3) is 0.360. The first-order valence-corrected chi connectivity index (χ1v) is 11.6. The van der Waals surface area contributed by atoms with Crippen molar-refractivity contribution in [3.63, 3.8) is 0 Å². The molecule has 6 N–H and O–H groups in total. The van der Waals surface area contributed by atoms with Gasteiger partial charge in [0.05, 0.1) is 35.2 Å². The molecule has 36 heavy (non-hydrogen) atoms. The SMILES string of the molecule is Cc1cc2nc(C(=O)NCCc3nc4ccccc4[nH]3)c(=O)n(C[C@H](O)[C@H](O)[C@H](O)CO)c2cc1C. The molecule has 0 spiro atoms. The van der Waals surface area contributed by atoms with E-state index in [1.54, 1.807) is 12.1 Å². The van der Waals surface area contributed by atoms with Gasteiger partial charge < -0.3 is 35.3 Å². The van der Waals surface area contributed by atoms with Crippen LogP contribution in [0.15, 0.2) is 41.2 Å². The predicted octanol–water partition coefficient (Wildman–Crippen LogP) is -0.0629. The second-order valence-corrected chi connectivity index (χ2v) is 8.82. The summed E-state index contributed by atoms with van der Waals surface area (Å²) in [5, 5.41) is 42.0. The summed E-state index contributed by atoms with van der Waals surface area (Å²) in [6.07, 6.45) is -4.46. The Morgan fingerprint density at radius 2 is 1.78 bits per heavy atom. The number of amides is 1. The van der Waals surface area contributed by atoms with E-state index in [1.807, 2.05) is 38.1 Å². The molecule has 11 heteroatoms. The van der Waals surface area contributed by atoms with Crippen LogP contribution in [-0.4, -0.2) is 77.3 Å². The summed E-state index contributed by atoms with van der Waals surface area (Å²) in [7, 11) is 0. The minimum Gasteiger partial charge on any atom is -0.394 e. The lowest BCUT2D eigenvalue weighted by molar-refractivity contribution is -0.0805. The van der Waals surface area contributed by atoms with Crippen LogP contribution in [0.4, 0.5) is 0 Å². The van der Waals surface area contributed by atoms with E-state index in [4.69, 9.17) is 5.11 Å². The van der Waals surface area contributed by atoms with Crippen molar-refractivity contribution in [2.75, 3.05) is 13.2 Å². The highest BCUT2D eigenvalue weighted by atomic mass is 16.4. The normalized spacial score (nSPS) is 14.2. The quantitative estimate of drug-likeness (QED) is 0.187. The van der Waals surface area contributed by atoms with Gasteiger partial charge in [-0.25, -0.2) is 9.97 Å². The molecule has 0 aliphatic carbocycles. The summed E-state index contributed by atoms with van der Waals surface area (Å²) in [6.45, 7) is 2.74. The highest BCUT2D eigenvalue weighted by molar-refractivity contribution is 5.94. The van der Waals surface area contributed by atoms with Crippen molar-refractivity contribution >= 4 is 28.0 Å². The maximum atomic E-state index is 13.3. The number of aromatic nitrogens is 4. The number of aryl methyl sites for hydroxylation is 2. The summed E-state index contributed by atoms with van der Waals surface area (Å²) in [5.74, 6) is 0.00135. The van der Waals surface area contributed by atoms with Gasteiger partial charge in [-0.1, -0.05) is 12.1 Å². The number of nitrogens with zero attached hydrogens (tertiary/aromatic N) is 3. The lowest BCUT2D eigenvalue weighted by Gasteiger charge is -2.23. The lowest BCUT2D eigenvalue weighted by Crippen LogP contribution is -2.44. The molecule has 0 saturated heterocycles. The monoisotopic (exact) mass is 495 g/mol. The summed E-state index contributed by atoms with van der Waals surface area (Å²) >= 11 is 0. The molecule has 1 amide bonds. The number of hydrogen-bond donors (Lipinski definition) is 6. The Labute approximate surface area is 206 Å².